The van der Waals surface area contributed by atoms with Gasteiger partial charge in [0.25, 0.3) is 5.91 Å². The van der Waals surface area contributed by atoms with Gasteiger partial charge in [-0.25, -0.2) is 9.79 Å². The number of ether oxygens (including phenoxy) is 1. The molecular formula is C20H18N2O4S. The summed E-state index contributed by atoms with van der Waals surface area (Å²) in [5.41, 5.74) is 1.45. The Morgan fingerprint density at radius 3 is 2.78 bits per heavy atom. The average molecular weight is 382 g/mol. The lowest BCUT2D eigenvalue weighted by Crippen LogP contribution is -2.23. The molecule has 0 aromatic heterocycles. The summed E-state index contributed by atoms with van der Waals surface area (Å²) in [4.78, 5) is 30.1. The monoisotopic (exact) mass is 382 g/mol. The van der Waals surface area contributed by atoms with Gasteiger partial charge >= 0.3 is 5.97 Å². The lowest BCUT2D eigenvalue weighted by molar-refractivity contribution is -0.121. The molecule has 1 aliphatic rings. The van der Waals surface area contributed by atoms with E-state index in [9.17, 15) is 9.59 Å². The molecule has 0 spiro atoms. The van der Waals surface area contributed by atoms with Crippen LogP contribution in [0.5, 0.6) is 5.75 Å². The summed E-state index contributed by atoms with van der Waals surface area (Å²) in [6.45, 7) is 2.44. The molecule has 27 heavy (non-hydrogen) atoms. The van der Waals surface area contributed by atoms with E-state index in [2.05, 4.69) is 4.99 Å². The molecule has 0 atom stereocenters. The third-order valence-corrected chi connectivity index (χ3v) is 4.89. The Hall–Kier alpha value is -3.06. The first kappa shape index (κ1) is 18.7. The molecule has 3 rings (SSSR count). The minimum absolute atomic E-state index is 0.148. The van der Waals surface area contributed by atoms with Gasteiger partial charge < -0.3 is 9.84 Å². The molecule has 2 aromatic rings. The Labute approximate surface area is 161 Å². The van der Waals surface area contributed by atoms with Crippen molar-refractivity contribution in [2.24, 2.45) is 4.99 Å². The van der Waals surface area contributed by atoms with E-state index in [1.54, 1.807) is 25.3 Å². The number of carboxylic acid groups (broad SMARTS) is 1. The number of carbonyl (C=O) groups excluding carboxylic acids is 1. The van der Waals surface area contributed by atoms with Crippen molar-refractivity contribution in [1.29, 1.82) is 0 Å². The van der Waals surface area contributed by atoms with Gasteiger partial charge in [0.2, 0.25) is 0 Å². The maximum Gasteiger partial charge on any atom is 0.335 e. The highest BCUT2D eigenvalue weighted by molar-refractivity contribution is 8.18. The van der Waals surface area contributed by atoms with Crippen LogP contribution in [0.4, 0.5) is 5.69 Å². The van der Waals surface area contributed by atoms with Gasteiger partial charge in [-0.05, 0) is 49.0 Å². The molecule has 6 nitrogen and oxygen atoms in total. The molecule has 0 unspecified atom stereocenters. The van der Waals surface area contributed by atoms with E-state index in [4.69, 9.17) is 9.84 Å². The Kier molecular flexibility index (Phi) is 5.61. The van der Waals surface area contributed by atoms with E-state index in [-0.39, 0.29) is 11.5 Å². The zero-order chi connectivity index (χ0) is 19.4. The zero-order valence-corrected chi connectivity index (χ0v) is 15.7. The lowest BCUT2D eigenvalue weighted by Gasteiger charge is -2.07. The van der Waals surface area contributed by atoms with Gasteiger partial charge in [0.05, 0.1) is 22.8 Å². The quantitative estimate of drug-likeness (QED) is 0.790. The number of rotatable bonds is 5. The smallest absolute Gasteiger partial charge is 0.335 e. The molecule has 0 bridgehead atoms. The van der Waals surface area contributed by atoms with Crippen LogP contribution in [0.15, 0.2) is 58.4 Å². The number of thioether (sulfide) groups is 1. The van der Waals surface area contributed by atoms with Crippen LogP contribution in [0.3, 0.4) is 0 Å². The number of hydrogen-bond acceptors (Lipinski definition) is 5. The van der Waals surface area contributed by atoms with Crippen LogP contribution in [0.2, 0.25) is 0 Å². The van der Waals surface area contributed by atoms with E-state index in [0.717, 1.165) is 5.56 Å². The number of para-hydroxylation sites is 1. The first-order valence-corrected chi connectivity index (χ1v) is 9.12. The van der Waals surface area contributed by atoms with Crippen molar-refractivity contribution in [3.8, 4) is 5.75 Å². The Morgan fingerprint density at radius 1 is 1.26 bits per heavy atom. The number of nitrogens with zero attached hydrogens (tertiary/aromatic N) is 2. The van der Waals surface area contributed by atoms with Crippen molar-refractivity contribution in [3.63, 3.8) is 0 Å². The van der Waals surface area contributed by atoms with E-state index >= 15 is 0 Å². The second-order valence-corrected chi connectivity index (χ2v) is 6.70. The fourth-order valence-electron chi connectivity index (χ4n) is 2.50. The summed E-state index contributed by atoms with van der Waals surface area (Å²) in [5.74, 6) is -0.476. The van der Waals surface area contributed by atoms with Crippen molar-refractivity contribution in [2.75, 3.05) is 13.7 Å². The molecule has 1 fully saturated rings. The third kappa shape index (κ3) is 4.20. The Morgan fingerprint density at radius 2 is 2.04 bits per heavy atom. The number of aromatic carboxylic acids is 1. The molecule has 0 aliphatic carbocycles. The molecule has 138 valence electrons. The van der Waals surface area contributed by atoms with Crippen molar-refractivity contribution in [3.05, 3.63) is 64.6 Å². The standard InChI is InChI=1S/C20H18N2O4S/c1-3-26-16-10-5-4-7-13(16)12-17-18(23)22(2)20(27-17)21-15-9-6-8-14(11-15)19(24)25/h4-12H,3H2,1-2H3,(H,24,25)/b17-12-,21-20?. The molecule has 1 amide bonds. The molecular weight excluding hydrogens is 364 g/mol. The Bertz CT molecular complexity index is 953. The number of amides is 1. The summed E-state index contributed by atoms with van der Waals surface area (Å²) in [6.07, 6.45) is 1.78. The molecule has 1 heterocycles. The van der Waals surface area contributed by atoms with Gasteiger partial charge in [-0.1, -0.05) is 24.3 Å². The SMILES string of the molecule is CCOc1ccccc1/C=C1\SC(=Nc2cccc(C(=O)O)c2)N(C)C1=O. The van der Waals surface area contributed by atoms with E-state index in [1.165, 1.54) is 28.8 Å². The van der Waals surface area contributed by atoms with Crippen LogP contribution in [-0.2, 0) is 4.79 Å². The van der Waals surface area contributed by atoms with Crippen LogP contribution < -0.4 is 4.74 Å². The molecule has 2 aromatic carbocycles. The Balaban J connectivity index is 1.91. The van der Waals surface area contributed by atoms with Crippen LogP contribution in [0.25, 0.3) is 6.08 Å². The third-order valence-electron chi connectivity index (χ3n) is 3.83. The maximum atomic E-state index is 12.6. The van der Waals surface area contributed by atoms with Gasteiger partial charge in [0, 0.05) is 12.6 Å². The number of amidine groups is 1. The minimum atomic E-state index is -1.02. The molecule has 1 N–H and O–H groups in total. The van der Waals surface area contributed by atoms with Crippen LogP contribution in [-0.4, -0.2) is 40.7 Å². The summed E-state index contributed by atoms with van der Waals surface area (Å²) in [5, 5.41) is 9.59. The van der Waals surface area contributed by atoms with Gasteiger partial charge in [-0.3, -0.25) is 9.69 Å². The molecule has 0 radical (unpaired) electrons. The van der Waals surface area contributed by atoms with E-state index in [0.29, 0.717) is 28.1 Å². The van der Waals surface area contributed by atoms with Gasteiger partial charge in [-0.15, -0.1) is 0 Å². The maximum absolute atomic E-state index is 12.6. The lowest BCUT2D eigenvalue weighted by atomic mass is 10.2. The first-order chi connectivity index (χ1) is 13.0. The number of aliphatic imine (C=N–C) groups is 1. The highest BCUT2D eigenvalue weighted by Crippen LogP contribution is 2.34. The minimum Gasteiger partial charge on any atom is -0.493 e. The van der Waals surface area contributed by atoms with Gasteiger partial charge in [0.1, 0.15) is 5.75 Å². The predicted octanol–water partition coefficient (Wildman–Crippen LogP) is 4.02. The molecule has 1 saturated heterocycles. The zero-order valence-electron chi connectivity index (χ0n) is 14.9. The molecule has 7 heteroatoms. The number of hydrogen-bond donors (Lipinski definition) is 1. The van der Waals surface area contributed by atoms with Gasteiger partial charge in [0.15, 0.2) is 5.17 Å². The normalized spacial score (nSPS) is 17.0. The first-order valence-electron chi connectivity index (χ1n) is 8.31. The number of carboxylic acids is 1. The van der Waals surface area contributed by atoms with Crippen molar-refractivity contribution in [1.82, 2.24) is 4.90 Å². The highest BCUT2D eigenvalue weighted by atomic mass is 32.2. The summed E-state index contributed by atoms with van der Waals surface area (Å²) < 4.78 is 5.60. The van der Waals surface area contributed by atoms with Crippen molar-refractivity contribution in [2.45, 2.75) is 6.92 Å². The van der Waals surface area contributed by atoms with Crippen molar-refractivity contribution >= 4 is 40.6 Å². The van der Waals surface area contributed by atoms with E-state index < -0.39 is 5.97 Å². The number of benzene rings is 2. The molecule has 1 aliphatic heterocycles. The van der Waals surface area contributed by atoms with Crippen molar-refractivity contribution < 1.29 is 19.4 Å². The van der Waals surface area contributed by atoms with Crippen LogP contribution in [0.1, 0.15) is 22.8 Å². The topological polar surface area (TPSA) is 79.2 Å². The van der Waals surface area contributed by atoms with Crippen LogP contribution in [0, 0.1) is 0 Å². The second kappa shape index (κ2) is 8.09. The highest BCUT2D eigenvalue weighted by Gasteiger charge is 2.30. The number of likely N-dealkylation sites (N-methyl/N-ethyl adjacent to an activating group) is 1. The largest absolute Gasteiger partial charge is 0.493 e. The van der Waals surface area contributed by atoms with Gasteiger partial charge in [-0.2, -0.15) is 0 Å². The molecule has 0 saturated carbocycles. The average Bonchev–Trinajstić information content (AvgIpc) is 2.92. The van der Waals surface area contributed by atoms with E-state index in [1.807, 2.05) is 31.2 Å². The summed E-state index contributed by atoms with van der Waals surface area (Å²) in [7, 11) is 1.64. The number of carbonyl (C=O) groups is 2. The van der Waals surface area contributed by atoms with Crippen LogP contribution >= 0.6 is 11.8 Å². The predicted molar refractivity (Wildman–Crippen MR) is 106 cm³/mol. The summed E-state index contributed by atoms with van der Waals surface area (Å²) in [6, 6.07) is 13.8. The summed E-state index contributed by atoms with van der Waals surface area (Å²) >= 11 is 1.24. The fourth-order valence-corrected chi connectivity index (χ4v) is 3.48. The second-order valence-electron chi connectivity index (χ2n) is 5.70. The fraction of sp³-hybridized carbons (Fsp3) is 0.150.